The summed E-state index contributed by atoms with van der Waals surface area (Å²) in [7, 11) is 0. The standard InChI is InChI=1S/C9H5BrN2O/c10-8-1-2-9(13-4-3-11)7(5-8)6-12/h1-2,5H,4H2. The summed E-state index contributed by atoms with van der Waals surface area (Å²) in [4.78, 5) is 0. The Bertz CT molecular complexity index is 390. The molecule has 0 aliphatic heterocycles. The number of nitrogens with zero attached hydrogens (tertiary/aromatic N) is 2. The summed E-state index contributed by atoms with van der Waals surface area (Å²) in [6.07, 6.45) is 0. The fourth-order valence-electron chi connectivity index (χ4n) is 0.825. The lowest BCUT2D eigenvalue weighted by molar-refractivity contribution is 0.367. The van der Waals surface area contributed by atoms with E-state index in [0.717, 1.165) is 4.47 Å². The molecule has 0 fully saturated rings. The second-order valence-electron chi connectivity index (χ2n) is 2.20. The van der Waals surface area contributed by atoms with Gasteiger partial charge in [-0.1, -0.05) is 15.9 Å². The van der Waals surface area contributed by atoms with Crippen LogP contribution in [-0.4, -0.2) is 6.61 Å². The second-order valence-corrected chi connectivity index (χ2v) is 3.11. The highest BCUT2D eigenvalue weighted by Gasteiger charge is 2.02. The first-order valence-corrected chi connectivity index (χ1v) is 4.26. The highest BCUT2D eigenvalue weighted by atomic mass is 79.9. The molecule has 0 saturated heterocycles. The summed E-state index contributed by atoms with van der Waals surface area (Å²) >= 11 is 3.23. The van der Waals surface area contributed by atoms with E-state index in [1.54, 1.807) is 18.2 Å². The van der Waals surface area contributed by atoms with Gasteiger partial charge in [-0.25, -0.2) is 0 Å². The van der Waals surface area contributed by atoms with Crippen molar-refractivity contribution in [3.05, 3.63) is 28.2 Å². The summed E-state index contributed by atoms with van der Waals surface area (Å²) in [5, 5.41) is 17.0. The Kier molecular flexibility index (Phi) is 3.31. The van der Waals surface area contributed by atoms with Crippen LogP contribution < -0.4 is 4.74 Å². The van der Waals surface area contributed by atoms with Crippen LogP contribution in [0.5, 0.6) is 5.75 Å². The van der Waals surface area contributed by atoms with Gasteiger partial charge in [-0.3, -0.25) is 0 Å². The van der Waals surface area contributed by atoms with Crippen molar-refractivity contribution in [1.82, 2.24) is 0 Å². The van der Waals surface area contributed by atoms with Crippen LogP contribution >= 0.6 is 15.9 Å². The maximum Gasteiger partial charge on any atom is 0.174 e. The van der Waals surface area contributed by atoms with E-state index in [4.69, 9.17) is 15.3 Å². The van der Waals surface area contributed by atoms with Crippen LogP contribution in [0.15, 0.2) is 22.7 Å². The molecule has 0 bridgehead atoms. The Morgan fingerprint density at radius 2 is 2.15 bits per heavy atom. The number of rotatable bonds is 2. The Balaban J connectivity index is 2.96. The number of nitriles is 2. The van der Waals surface area contributed by atoms with Gasteiger partial charge in [-0.05, 0) is 18.2 Å². The van der Waals surface area contributed by atoms with E-state index >= 15 is 0 Å². The van der Waals surface area contributed by atoms with E-state index in [0.29, 0.717) is 11.3 Å². The molecule has 0 aromatic heterocycles. The molecule has 1 rings (SSSR count). The molecule has 13 heavy (non-hydrogen) atoms. The molecular formula is C9H5BrN2O. The van der Waals surface area contributed by atoms with Gasteiger partial charge >= 0.3 is 0 Å². The Morgan fingerprint density at radius 3 is 2.77 bits per heavy atom. The van der Waals surface area contributed by atoms with Gasteiger partial charge in [0.05, 0.1) is 5.56 Å². The van der Waals surface area contributed by atoms with Crippen LogP contribution in [0.3, 0.4) is 0 Å². The molecule has 0 N–H and O–H groups in total. The van der Waals surface area contributed by atoms with Crippen molar-refractivity contribution < 1.29 is 4.74 Å². The zero-order valence-electron chi connectivity index (χ0n) is 6.62. The molecule has 0 unspecified atom stereocenters. The molecule has 0 heterocycles. The highest BCUT2D eigenvalue weighted by Crippen LogP contribution is 2.22. The zero-order valence-corrected chi connectivity index (χ0v) is 8.21. The largest absolute Gasteiger partial charge is 0.477 e. The van der Waals surface area contributed by atoms with E-state index in [1.807, 2.05) is 12.1 Å². The van der Waals surface area contributed by atoms with Crippen LogP contribution in [0.25, 0.3) is 0 Å². The molecule has 0 radical (unpaired) electrons. The first kappa shape index (κ1) is 9.57. The number of halogens is 1. The maximum atomic E-state index is 8.71. The predicted octanol–water partition coefficient (Wildman–Crippen LogP) is 2.22. The van der Waals surface area contributed by atoms with Crippen LogP contribution in [0.2, 0.25) is 0 Å². The number of ether oxygens (including phenoxy) is 1. The quantitative estimate of drug-likeness (QED) is 0.792. The maximum absolute atomic E-state index is 8.71. The molecule has 1 aromatic rings. The van der Waals surface area contributed by atoms with Crippen LogP contribution in [-0.2, 0) is 0 Å². The highest BCUT2D eigenvalue weighted by molar-refractivity contribution is 9.10. The van der Waals surface area contributed by atoms with E-state index in [1.165, 1.54) is 0 Å². The third-order valence-electron chi connectivity index (χ3n) is 1.35. The van der Waals surface area contributed by atoms with Gasteiger partial charge in [0.25, 0.3) is 0 Å². The van der Waals surface area contributed by atoms with Crippen molar-refractivity contribution in [2.45, 2.75) is 0 Å². The molecule has 0 aliphatic rings. The van der Waals surface area contributed by atoms with Gasteiger partial charge in [-0.2, -0.15) is 10.5 Å². The molecule has 3 nitrogen and oxygen atoms in total. The minimum Gasteiger partial charge on any atom is -0.477 e. The Hall–Kier alpha value is -1.52. The average Bonchev–Trinajstić information content (AvgIpc) is 2.16. The minimum atomic E-state index is -0.0453. The first-order chi connectivity index (χ1) is 6.27. The van der Waals surface area contributed by atoms with Crippen LogP contribution in [0, 0.1) is 22.7 Å². The summed E-state index contributed by atoms with van der Waals surface area (Å²) < 4.78 is 5.84. The third kappa shape index (κ3) is 2.47. The smallest absolute Gasteiger partial charge is 0.174 e. The summed E-state index contributed by atoms with van der Waals surface area (Å²) in [5.74, 6) is 0.437. The molecule has 0 atom stereocenters. The lowest BCUT2D eigenvalue weighted by Crippen LogP contribution is -1.95. The van der Waals surface area contributed by atoms with Gasteiger partial charge in [0.15, 0.2) is 6.61 Å². The van der Waals surface area contributed by atoms with Gasteiger partial charge in [0.2, 0.25) is 0 Å². The lowest BCUT2D eigenvalue weighted by Gasteiger charge is -2.03. The molecule has 64 valence electrons. The third-order valence-corrected chi connectivity index (χ3v) is 1.85. The first-order valence-electron chi connectivity index (χ1n) is 3.47. The van der Waals surface area contributed by atoms with Crippen molar-refractivity contribution in [3.8, 4) is 17.9 Å². The van der Waals surface area contributed by atoms with Gasteiger partial charge in [0.1, 0.15) is 17.9 Å². The van der Waals surface area contributed by atoms with Gasteiger partial charge < -0.3 is 4.74 Å². The molecular weight excluding hydrogens is 232 g/mol. The second kappa shape index (κ2) is 4.49. The van der Waals surface area contributed by atoms with Crippen LogP contribution in [0.4, 0.5) is 0 Å². The Labute approximate surface area is 84.3 Å². The summed E-state index contributed by atoms with van der Waals surface area (Å²) in [6, 6.07) is 8.88. The molecule has 0 amide bonds. The van der Waals surface area contributed by atoms with E-state index in [-0.39, 0.29) is 6.61 Å². The molecule has 0 aliphatic carbocycles. The molecule has 0 saturated carbocycles. The number of hydrogen-bond donors (Lipinski definition) is 0. The minimum absolute atomic E-state index is 0.0453. The van der Waals surface area contributed by atoms with E-state index in [2.05, 4.69) is 15.9 Å². The Morgan fingerprint density at radius 1 is 1.38 bits per heavy atom. The molecule has 4 heteroatoms. The number of benzene rings is 1. The van der Waals surface area contributed by atoms with Crippen molar-refractivity contribution in [2.24, 2.45) is 0 Å². The zero-order chi connectivity index (χ0) is 9.68. The van der Waals surface area contributed by atoms with Crippen molar-refractivity contribution >= 4 is 15.9 Å². The van der Waals surface area contributed by atoms with Crippen molar-refractivity contribution in [1.29, 1.82) is 10.5 Å². The topological polar surface area (TPSA) is 56.8 Å². The normalized spacial score (nSPS) is 8.54. The van der Waals surface area contributed by atoms with Crippen molar-refractivity contribution in [3.63, 3.8) is 0 Å². The van der Waals surface area contributed by atoms with Gasteiger partial charge in [-0.15, -0.1) is 0 Å². The van der Waals surface area contributed by atoms with Crippen LogP contribution in [0.1, 0.15) is 5.56 Å². The SMILES string of the molecule is N#CCOc1ccc(Br)cc1C#N. The average molecular weight is 237 g/mol. The van der Waals surface area contributed by atoms with E-state index < -0.39 is 0 Å². The lowest BCUT2D eigenvalue weighted by atomic mass is 10.2. The fraction of sp³-hybridized carbons (Fsp3) is 0.111. The fourth-order valence-corrected chi connectivity index (χ4v) is 1.19. The number of hydrogen-bond acceptors (Lipinski definition) is 3. The predicted molar refractivity (Wildman–Crippen MR) is 50.0 cm³/mol. The van der Waals surface area contributed by atoms with E-state index in [9.17, 15) is 0 Å². The summed E-state index contributed by atoms with van der Waals surface area (Å²) in [6.45, 7) is -0.0453. The molecule has 0 spiro atoms. The van der Waals surface area contributed by atoms with Gasteiger partial charge in [0, 0.05) is 4.47 Å². The molecule has 1 aromatic carbocycles. The van der Waals surface area contributed by atoms with Crippen molar-refractivity contribution in [2.75, 3.05) is 6.61 Å². The monoisotopic (exact) mass is 236 g/mol. The summed E-state index contributed by atoms with van der Waals surface area (Å²) in [5.41, 5.74) is 0.421.